The fourth-order valence-electron chi connectivity index (χ4n) is 4.11. The van der Waals surface area contributed by atoms with Crippen molar-refractivity contribution in [3.05, 3.63) is 63.2 Å². The van der Waals surface area contributed by atoms with Crippen molar-refractivity contribution in [3.63, 3.8) is 0 Å². The molecule has 0 saturated heterocycles. The number of hydrogen-bond donors (Lipinski definition) is 0. The lowest BCUT2D eigenvalue weighted by molar-refractivity contribution is -0.135. The van der Waals surface area contributed by atoms with E-state index < -0.39 is 6.04 Å². The second kappa shape index (κ2) is 8.49. The Labute approximate surface area is 186 Å². The molecule has 9 nitrogen and oxygen atoms in total. The van der Waals surface area contributed by atoms with Gasteiger partial charge in [0.05, 0.1) is 19.9 Å². The normalized spacial score (nSPS) is 14.1. The maximum Gasteiger partial charge on any atom is 0.267 e. The van der Waals surface area contributed by atoms with Crippen molar-refractivity contribution in [3.8, 4) is 17.3 Å². The summed E-state index contributed by atoms with van der Waals surface area (Å²) >= 11 is 0. The molecule has 3 heterocycles. The molecule has 0 fully saturated rings. The number of fused-ring (bicyclic) bond motifs is 1. The van der Waals surface area contributed by atoms with E-state index in [-0.39, 0.29) is 11.5 Å². The SMILES string of the molecule is COc1cc2c(cc1OC)CN(C(=O)C(C)n1nc(-n3nc(C)cc3C)ccc1=O)CC2. The number of rotatable bonds is 5. The van der Waals surface area contributed by atoms with Crippen molar-refractivity contribution < 1.29 is 14.3 Å². The number of aryl methyl sites for hydroxylation is 2. The number of benzene rings is 1. The largest absolute Gasteiger partial charge is 0.493 e. The lowest BCUT2D eigenvalue weighted by atomic mass is 9.98. The molecule has 32 heavy (non-hydrogen) atoms. The molecule has 2 aromatic heterocycles. The van der Waals surface area contributed by atoms with Crippen molar-refractivity contribution in [2.45, 2.75) is 39.8 Å². The Balaban J connectivity index is 1.60. The van der Waals surface area contributed by atoms with Gasteiger partial charge in [0.2, 0.25) is 5.91 Å². The average molecular weight is 438 g/mol. The number of carbonyl (C=O) groups excluding carboxylic acids is 1. The highest BCUT2D eigenvalue weighted by Gasteiger charge is 2.28. The highest BCUT2D eigenvalue weighted by atomic mass is 16.5. The number of carbonyl (C=O) groups is 1. The first-order valence-corrected chi connectivity index (χ1v) is 10.5. The first-order chi connectivity index (χ1) is 15.3. The van der Waals surface area contributed by atoms with Crippen molar-refractivity contribution >= 4 is 5.91 Å². The van der Waals surface area contributed by atoms with Gasteiger partial charge < -0.3 is 14.4 Å². The third kappa shape index (κ3) is 3.86. The standard InChI is InChI=1S/C23H27N5O4/c1-14-10-15(2)27(24-14)21-6-7-22(29)28(25-21)16(3)23(30)26-9-8-17-11-19(31-4)20(32-5)12-18(17)13-26/h6-7,10-12,16H,8-9,13H2,1-5H3. The van der Waals surface area contributed by atoms with E-state index in [0.717, 1.165) is 22.5 Å². The van der Waals surface area contributed by atoms with E-state index in [9.17, 15) is 9.59 Å². The van der Waals surface area contributed by atoms with Gasteiger partial charge in [0.1, 0.15) is 6.04 Å². The fourth-order valence-corrected chi connectivity index (χ4v) is 4.11. The van der Waals surface area contributed by atoms with Crippen LogP contribution in [0, 0.1) is 13.8 Å². The van der Waals surface area contributed by atoms with Gasteiger partial charge >= 0.3 is 0 Å². The Morgan fingerprint density at radius 1 is 1.03 bits per heavy atom. The highest BCUT2D eigenvalue weighted by Crippen LogP contribution is 2.33. The summed E-state index contributed by atoms with van der Waals surface area (Å²) < 4.78 is 13.7. The van der Waals surface area contributed by atoms with Crippen LogP contribution in [0.1, 0.15) is 35.5 Å². The lowest BCUT2D eigenvalue weighted by Crippen LogP contribution is -2.42. The first-order valence-electron chi connectivity index (χ1n) is 10.5. The van der Waals surface area contributed by atoms with E-state index in [1.54, 1.807) is 36.8 Å². The summed E-state index contributed by atoms with van der Waals surface area (Å²) in [5.41, 5.74) is 3.55. The lowest BCUT2D eigenvalue weighted by Gasteiger charge is -2.31. The number of ether oxygens (including phenoxy) is 2. The van der Waals surface area contributed by atoms with Crippen LogP contribution in [-0.2, 0) is 17.8 Å². The molecule has 1 unspecified atom stereocenters. The summed E-state index contributed by atoms with van der Waals surface area (Å²) in [5, 5.41) is 8.87. The van der Waals surface area contributed by atoms with Crippen molar-refractivity contribution in [1.29, 1.82) is 0 Å². The Bertz CT molecular complexity index is 1230. The fraction of sp³-hybridized carbons (Fsp3) is 0.391. The van der Waals surface area contributed by atoms with Crippen molar-refractivity contribution in [1.82, 2.24) is 24.5 Å². The number of hydrogen-bond acceptors (Lipinski definition) is 6. The average Bonchev–Trinajstić information content (AvgIpc) is 3.14. The molecule has 1 aromatic carbocycles. The van der Waals surface area contributed by atoms with Gasteiger partial charge in [-0.25, -0.2) is 9.36 Å². The van der Waals surface area contributed by atoms with E-state index >= 15 is 0 Å². The molecule has 0 aliphatic carbocycles. The van der Waals surface area contributed by atoms with Crippen LogP contribution < -0.4 is 15.0 Å². The van der Waals surface area contributed by atoms with Gasteiger partial charge in [0.25, 0.3) is 5.56 Å². The number of methoxy groups -OCH3 is 2. The van der Waals surface area contributed by atoms with Crippen LogP contribution >= 0.6 is 0 Å². The molecule has 9 heteroatoms. The van der Waals surface area contributed by atoms with E-state index in [1.165, 1.54) is 10.7 Å². The predicted octanol–water partition coefficient (Wildman–Crippen LogP) is 2.21. The van der Waals surface area contributed by atoms with Crippen LogP contribution in [0.5, 0.6) is 11.5 Å². The Kier molecular flexibility index (Phi) is 5.73. The van der Waals surface area contributed by atoms with E-state index in [0.29, 0.717) is 36.8 Å². The van der Waals surface area contributed by atoms with Crippen LogP contribution in [-0.4, -0.2) is 51.1 Å². The van der Waals surface area contributed by atoms with Gasteiger partial charge in [0, 0.05) is 24.8 Å². The minimum atomic E-state index is -0.749. The monoisotopic (exact) mass is 437 g/mol. The highest BCUT2D eigenvalue weighted by molar-refractivity contribution is 5.80. The third-order valence-electron chi connectivity index (χ3n) is 5.79. The third-order valence-corrected chi connectivity index (χ3v) is 5.79. The van der Waals surface area contributed by atoms with E-state index in [2.05, 4.69) is 10.2 Å². The minimum absolute atomic E-state index is 0.162. The molecule has 0 saturated carbocycles. The zero-order valence-corrected chi connectivity index (χ0v) is 19.0. The smallest absolute Gasteiger partial charge is 0.267 e. The van der Waals surface area contributed by atoms with Gasteiger partial charge in [-0.3, -0.25) is 9.59 Å². The summed E-state index contributed by atoms with van der Waals surface area (Å²) in [7, 11) is 3.20. The van der Waals surface area contributed by atoms with Crippen LogP contribution in [0.25, 0.3) is 5.82 Å². The molecule has 0 N–H and O–H groups in total. The Hall–Kier alpha value is -3.62. The zero-order chi connectivity index (χ0) is 23.0. The van der Waals surface area contributed by atoms with Gasteiger partial charge in [0.15, 0.2) is 17.3 Å². The number of amides is 1. The van der Waals surface area contributed by atoms with Gasteiger partial charge in [-0.2, -0.15) is 5.10 Å². The molecule has 1 aliphatic heterocycles. The second-order valence-electron chi connectivity index (χ2n) is 7.97. The zero-order valence-electron chi connectivity index (χ0n) is 19.0. The van der Waals surface area contributed by atoms with Crippen LogP contribution in [0.15, 0.2) is 35.1 Å². The quantitative estimate of drug-likeness (QED) is 0.608. The minimum Gasteiger partial charge on any atom is -0.493 e. The van der Waals surface area contributed by atoms with Crippen LogP contribution in [0.4, 0.5) is 0 Å². The van der Waals surface area contributed by atoms with Gasteiger partial charge in [-0.1, -0.05) is 0 Å². The van der Waals surface area contributed by atoms with Crippen LogP contribution in [0.2, 0.25) is 0 Å². The number of nitrogens with zero attached hydrogens (tertiary/aromatic N) is 5. The summed E-state index contributed by atoms with van der Waals surface area (Å²) in [6, 6.07) is 8.09. The summed E-state index contributed by atoms with van der Waals surface area (Å²) in [6.45, 7) is 6.50. The molecule has 0 bridgehead atoms. The maximum atomic E-state index is 13.3. The molecule has 3 aromatic rings. The predicted molar refractivity (Wildman–Crippen MR) is 118 cm³/mol. The topological polar surface area (TPSA) is 91.5 Å². The molecular weight excluding hydrogens is 410 g/mol. The molecular formula is C23H27N5O4. The van der Waals surface area contributed by atoms with Crippen molar-refractivity contribution in [2.75, 3.05) is 20.8 Å². The summed E-state index contributed by atoms with van der Waals surface area (Å²) in [5.74, 6) is 1.64. The van der Waals surface area contributed by atoms with E-state index in [4.69, 9.17) is 9.47 Å². The number of aromatic nitrogens is 4. The molecule has 0 radical (unpaired) electrons. The molecule has 1 aliphatic rings. The van der Waals surface area contributed by atoms with Gasteiger partial charge in [-0.05, 0) is 62.6 Å². The first kappa shape index (κ1) is 21.6. The van der Waals surface area contributed by atoms with Crippen molar-refractivity contribution in [2.24, 2.45) is 0 Å². The second-order valence-corrected chi connectivity index (χ2v) is 7.97. The molecule has 0 spiro atoms. The van der Waals surface area contributed by atoms with Crippen LogP contribution in [0.3, 0.4) is 0 Å². The Morgan fingerprint density at radius 3 is 2.34 bits per heavy atom. The summed E-state index contributed by atoms with van der Waals surface area (Å²) in [4.78, 5) is 27.6. The molecule has 1 amide bonds. The molecule has 1 atom stereocenters. The molecule has 168 valence electrons. The molecule has 4 rings (SSSR count). The Morgan fingerprint density at radius 2 is 1.72 bits per heavy atom. The maximum absolute atomic E-state index is 13.3. The van der Waals surface area contributed by atoms with Gasteiger partial charge in [-0.15, -0.1) is 5.10 Å². The van der Waals surface area contributed by atoms with E-state index in [1.807, 2.05) is 32.0 Å². The summed E-state index contributed by atoms with van der Waals surface area (Å²) in [6.07, 6.45) is 0.697.